The highest BCUT2D eigenvalue weighted by Crippen LogP contribution is 2.29. The van der Waals surface area contributed by atoms with E-state index >= 15 is 0 Å². The standard InChI is InChI=1S/C13H22N2O3/c1-9(2)18-8-12(15-14)11-6-5-10(16-3)7-13(11)17-4/h5-7,9,12,15H,8,14H2,1-4H3. The maximum atomic E-state index is 5.58. The molecule has 0 fully saturated rings. The fourth-order valence-corrected chi connectivity index (χ4v) is 1.62. The van der Waals surface area contributed by atoms with Gasteiger partial charge < -0.3 is 14.2 Å². The molecule has 0 aliphatic carbocycles. The number of hydrogen-bond donors (Lipinski definition) is 2. The van der Waals surface area contributed by atoms with Crippen LogP contribution in [0.25, 0.3) is 0 Å². The minimum absolute atomic E-state index is 0.117. The molecule has 0 bridgehead atoms. The van der Waals surface area contributed by atoms with E-state index < -0.39 is 0 Å². The van der Waals surface area contributed by atoms with Crippen LogP contribution in [0.2, 0.25) is 0 Å². The second kappa shape index (κ2) is 7.20. The Morgan fingerprint density at radius 2 is 1.94 bits per heavy atom. The van der Waals surface area contributed by atoms with Crippen molar-refractivity contribution in [2.45, 2.75) is 26.0 Å². The van der Waals surface area contributed by atoms with E-state index in [9.17, 15) is 0 Å². The van der Waals surface area contributed by atoms with Crippen LogP contribution in [0.15, 0.2) is 18.2 Å². The van der Waals surface area contributed by atoms with Crippen molar-refractivity contribution in [3.8, 4) is 11.5 Å². The van der Waals surface area contributed by atoms with Gasteiger partial charge in [-0.25, -0.2) is 0 Å². The lowest BCUT2D eigenvalue weighted by molar-refractivity contribution is 0.0606. The molecule has 0 amide bonds. The smallest absolute Gasteiger partial charge is 0.127 e. The average molecular weight is 254 g/mol. The topological polar surface area (TPSA) is 65.7 Å². The minimum Gasteiger partial charge on any atom is -0.497 e. The summed E-state index contributed by atoms with van der Waals surface area (Å²) in [5, 5.41) is 0. The zero-order chi connectivity index (χ0) is 13.5. The van der Waals surface area contributed by atoms with Gasteiger partial charge in [-0.3, -0.25) is 11.3 Å². The number of nitrogens with one attached hydrogen (secondary N) is 1. The van der Waals surface area contributed by atoms with Gasteiger partial charge in [0, 0.05) is 11.6 Å². The lowest BCUT2D eigenvalue weighted by atomic mass is 10.1. The monoisotopic (exact) mass is 254 g/mol. The van der Waals surface area contributed by atoms with Gasteiger partial charge in [-0.1, -0.05) is 0 Å². The van der Waals surface area contributed by atoms with Crippen LogP contribution in [0, 0.1) is 0 Å². The number of nitrogens with two attached hydrogens (primary N) is 1. The molecule has 1 rings (SSSR count). The molecule has 0 aliphatic rings. The summed E-state index contributed by atoms with van der Waals surface area (Å²) in [6.45, 7) is 4.45. The van der Waals surface area contributed by atoms with Gasteiger partial charge in [0.1, 0.15) is 11.5 Å². The SMILES string of the molecule is COc1ccc(C(COC(C)C)NN)c(OC)c1. The second-order valence-electron chi connectivity index (χ2n) is 4.21. The third-order valence-corrected chi connectivity index (χ3v) is 2.61. The summed E-state index contributed by atoms with van der Waals surface area (Å²) in [5.41, 5.74) is 3.69. The van der Waals surface area contributed by atoms with Crippen molar-refractivity contribution in [3.63, 3.8) is 0 Å². The van der Waals surface area contributed by atoms with Crippen molar-refractivity contribution in [2.24, 2.45) is 5.84 Å². The number of hydrogen-bond acceptors (Lipinski definition) is 5. The lowest BCUT2D eigenvalue weighted by Crippen LogP contribution is -2.32. The van der Waals surface area contributed by atoms with Gasteiger partial charge in [0.25, 0.3) is 0 Å². The van der Waals surface area contributed by atoms with Crippen LogP contribution in [0.4, 0.5) is 0 Å². The summed E-state index contributed by atoms with van der Waals surface area (Å²) < 4.78 is 16.1. The molecule has 0 aliphatic heterocycles. The zero-order valence-electron chi connectivity index (χ0n) is 11.4. The van der Waals surface area contributed by atoms with Crippen LogP contribution >= 0.6 is 0 Å². The molecule has 0 saturated carbocycles. The molecule has 5 heteroatoms. The quantitative estimate of drug-likeness (QED) is 0.572. The molecule has 3 N–H and O–H groups in total. The van der Waals surface area contributed by atoms with E-state index in [0.29, 0.717) is 6.61 Å². The van der Waals surface area contributed by atoms with Crippen molar-refractivity contribution in [3.05, 3.63) is 23.8 Å². The molecule has 0 radical (unpaired) electrons. The lowest BCUT2D eigenvalue weighted by Gasteiger charge is -2.20. The molecule has 1 aromatic rings. The number of rotatable bonds is 7. The van der Waals surface area contributed by atoms with E-state index in [2.05, 4.69) is 5.43 Å². The van der Waals surface area contributed by atoms with Gasteiger partial charge in [-0.2, -0.15) is 0 Å². The number of hydrazine groups is 1. The molecule has 0 saturated heterocycles. The van der Waals surface area contributed by atoms with Crippen molar-refractivity contribution in [1.29, 1.82) is 0 Å². The van der Waals surface area contributed by atoms with Gasteiger partial charge in [0.05, 0.1) is 33.0 Å². The Morgan fingerprint density at radius 3 is 2.44 bits per heavy atom. The first kappa shape index (κ1) is 14.8. The molecular weight excluding hydrogens is 232 g/mol. The third kappa shape index (κ3) is 3.87. The van der Waals surface area contributed by atoms with E-state index in [1.165, 1.54) is 0 Å². The predicted molar refractivity (Wildman–Crippen MR) is 70.7 cm³/mol. The number of ether oxygens (including phenoxy) is 3. The summed E-state index contributed by atoms with van der Waals surface area (Å²) >= 11 is 0. The Balaban J connectivity index is 2.90. The Hall–Kier alpha value is -1.30. The van der Waals surface area contributed by atoms with E-state index in [4.69, 9.17) is 20.1 Å². The van der Waals surface area contributed by atoms with Crippen LogP contribution in [0.1, 0.15) is 25.5 Å². The molecule has 1 unspecified atom stereocenters. The Bertz CT molecular complexity index is 369. The normalized spacial score (nSPS) is 12.6. The van der Waals surface area contributed by atoms with Gasteiger partial charge >= 0.3 is 0 Å². The molecule has 0 aromatic heterocycles. The largest absolute Gasteiger partial charge is 0.497 e. The first-order chi connectivity index (χ1) is 8.62. The molecule has 102 valence electrons. The third-order valence-electron chi connectivity index (χ3n) is 2.61. The summed E-state index contributed by atoms with van der Waals surface area (Å²) in [6.07, 6.45) is 0.157. The molecule has 5 nitrogen and oxygen atoms in total. The fourth-order valence-electron chi connectivity index (χ4n) is 1.62. The molecule has 0 spiro atoms. The van der Waals surface area contributed by atoms with Crippen LogP contribution in [-0.4, -0.2) is 26.9 Å². The summed E-state index contributed by atoms with van der Waals surface area (Å²) in [6, 6.07) is 5.51. The van der Waals surface area contributed by atoms with E-state index in [0.717, 1.165) is 17.1 Å². The highest BCUT2D eigenvalue weighted by atomic mass is 16.5. The number of benzene rings is 1. The zero-order valence-corrected chi connectivity index (χ0v) is 11.4. The fraction of sp³-hybridized carbons (Fsp3) is 0.538. The molecule has 0 heterocycles. The number of methoxy groups -OCH3 is 2. The molecule has 1 aromatic carbocycles. The van der Waals surface area contributed by atoms with Crippen LogP contribution < -0.4 is 20.7 Å². The van der Waals surface area contributed by atoms with Crippen LogP contribution in [-0.2, 0) is 4.74 Å². The summed E-state index contributed by atoms with van der Waals surface area (Å²) in [7, 11) is 3.24. The highest BCUT2D eigenvalue weighted by molar-refractivity contribution is 5.42. The summed E-state index contributed by atoms with van der Waals surface area (Å²) in [5.74, 6) is 7.04. The van der Waals surface area contributed by atoms with Crippen LogP contribution in [0.3, 0.4) is 0 Å². The molecule has 18 heavy (non-hydrogen) atoms. The van der Waals surface area contributed by atoms with Crippen molar-refractivity contribution < 1.29 is 14.2 Å². The minimum atomic E-state index is -0.117. The Labute approximate surface area is 108 Å². The van der Waals surface area contributed by atoms with Crippen molar-refractivity contribution in [2.75, 3.05) is 20.8 Å². The van der Waals surface area contributed by atoms with Crippen molar-refractivity contribution in [1.82, 2.24) is 5.43 Å². The molecule has 1 atom stereocenters. The maximum Gasteiger partial charge on any atom is 0.127 e. The summed E-state index contributed by atoms with van der Waals surface area (Å²) in [4.78, 5) is 0. The predicted octanol–water partition coefficient (Wildman–Crippen LogP) is 1.63. The van der Waals surface area contributed by atoms with Gasteiger partial charge in [-0.05, 0) is 26.0 Å². The highest BCUT2D eigenvalue weighted by Gasteiger charge is 2.16. The average Bonchev–Trinajstić information content (AvgIpc) is 2.39. The van der Waals surface area contributed by atoms with Crippen LogP contribution in [0.5, 0.6) is 11.5 Å². The van der Waals surface area contributed by atoms with E-state index in [1.54, 1.807) is 14.2 Å². The Morgan fingerprint density at radius 1 is 1.22 bits per heavy atom. The van der Waals surface area contributed by atoms with Gasteiger partial charge in [0.15, 0.2) is 0 Å². The van der Waals surface area contributed by atoms with E-state index in [-0.39, 0.29) is 12.1 Å². The maximum absolute atomic E-state index is 5.58. The first-order valence-corrected chi connectivity index (χ1v) is 5.92. The van der Waals surface area contributed by atoms with Gasteiger partial charge in [0.2, 0.25) is 0 Å². The first-order valence-electron chi connectivity index (χ1n) is 5.92. The van der Waals surface area contributed by atoms with E-state index in [1.807, 2.05) is 32.0 Å². The molecular formula is C13H22N2O3. The van der Waals surface area contributed by atoms with Crippen molar-refractivity contribution >= 4 is 0 Å². The Kier molecular flexibility index (Phi) is 5.91. The van der Waals surface area contributed by atoms with Gasteiger partial charge in [-0.15, -0.1) is 0 Å². The second-order valence-corrected chi connectivity index (χ2v) is 4.21.